The molecule has 0 bridgehead atoms. The van der Waals surface area contributed by atoms with Gasteiger partial charge in [-0.2, -0.15) is 0 Å². The van der Waals surface area contributed by atoms with Crippen molar-refractivity contribution in [2.45, 2.75) is 25.5 Å². The number of halogens is 1. The molecule has 2 aromatic carbocycles. The highest BCUT2D eigenvalue weighted by molar-refractivity contribution is 6.33. The number of methoxy groups -OCH3 is 2. The Hall–Kier alpha value is -1.79. The fraction of sp³-hybridized carbons (Fsp3) is 0.455. The van der Waals surface area contributed by atoms with Gasteiger partial charge in [-0.25, -0.2) is 0 Å². The summed E-state index contributed by atoms with van der Waals surface area (Å²) >= 11 is 6.55. The predicted molar refractivity (Wildman–Crippen MR) is 110 cm³/mol. The van der Waals surface area contributed by atoms with Crippen LogP contribution < -0.4 is 9.47 Å². The fourth-order valence-corrected chi connectivity index (χ4v) is 4.35. The Kier molecular flexibility index (Phi) is 6.83. The van der Waals surface area contributed by atoms with Gasteiger partial charge in [-0.15, -0.1) is 0 Å². The topological polar surface area (TPSA) is 62.2 Å². The summed E-state index contributed by atoms with van der Waals surface area (Å²) < 4.78 is 10.7. The number of likely N-dealkylation sites (tertiary alicyclic amines) is 1. The number of aliphatic hydroxyl groups is 2. The lowest BCUT2D eigenvalue weighted by atomic mass is 9.73. The molecule has 0 unspecified atom stereocenters. The lowest BCUT2D eigenvalue weighted by Gasteiger charge is -2.45. The molecule has 1 fully saturated rings. The van der Waals surface area contributed by atoms with Gasteiger partial charge < -0.3 is 19.7 Å². The largest absolute Gasteiger partial charge is 0.493 e. The van der Waals surface area contributed by atoms with Gasteiger partial charge in [0, 0.05) is 25.0 Å². The van der Waals surface area contributed by atoms with Crippen LogP contribution in [0.5, 0.6) is 11.5 Å². The number of piperidine rings is 1. The minimum absolute atomic E-state index is 0.0702. The zero-order chi connectivity index (χ0) is 20.1. The quantitative estimate of drug-likeness (QED) is 0.741. The molecule has 28 heavy (non-hydrogen) atoms. The first-order valence-corrected chi connectivity index (χ1v) is 9.85. The maximum absolute atomic E-state index is 10.7. The van der Waals surface area contributed by atoms with Gasteiger partial charge in [-0.05, 0) is 30.0 Å². The Bertz CT molecular complexity index is 786. The summed E-state index contributed by atoms with van der Waals surface area (Å²) in [6, 6.07) is 13.8. The number of ether oxygens (including phenoxy) is 2. The third kappa shape index (κ3) is 4.28. The maximum Gasteiger partial charge on any atom is 0.179 e. The molecular weight excluding hydrogens is 378 g/mol. The van der Waals surface area contributed by atoms with E-state index in [-0.39, 0.29) is 6.61 Å². The van der Waals surface area contributed by atoms with Crippen molar-refractivity contribution >= 4 is 11.6 Å². The van der Waals surface area contributed by atoms with Gasteiger partial charge in [0.25, 0.3) is 0 Å². The Morgan fingerprint density at radius 1 is 1.14 bits per heavy atom. The second-order valence-corrected chi connectivity index (χ2v) is 7.85. The SMILES string of the molecule is COc1ccc(CN2CC[C@@H](O)[C@@](CO)(Cc3ccccc3)C2)c(Cl)c1OC. The van der Waals surface area contributed by atoms with Crippen LogP contribution in [-0.4, -0.2) is 55.1 Å². The fourth-order valence-electron chi connectivity index (χ4n) is 4.06. The molecule has 1 saturated heterocycles. The third-order valence-electron chi connectivity index (χ3n) is 5.64. The summed E-state index contributed by atoms with van der Waals surface area (Å²) in [6.45, 7) is 1.87. The highest BCUT2D eigenvalue weighted by Crippen LogP contribution is 2.39. The van der Waals surface area contributed by atoms with Crippen LogP contribution in [0.25, 0.3) is 0 Å². The molecule has 3 rings (SSSR count). The Labute approximate surface area is 171 Å². The van der Waals surface area contributed by atoms with E-state index in [0.717, 1.165) is 17.7 Å². The Morgan fingerprint density at radius 3 is 2.54 bits per heavy atom. The number of hydrogen-bond donors (Lipinski definition) is 2. The van der Waals surface area contributed by atoms with Crippen molar-refractivity contribution < 1.29 is 19.7 Å². The van der Waals surface area contributed by atoms with Crippen molar-refractivity contribution in [3.8, 4) is 11.5 Å². The molecule has 2 N–H and O–H groups in total. The summed E-state index contributed by atoms with van der Waals surface area (Å²) in [4.78, 5) is 2.24. The van der Waals surface area contributed by atoms with Crippen LogP contribution in [0.15, 0.2) is 42.5 Å². The van der Waals surface area contributed by atoms with E-state index in [1.54, 1.807) is 14.2 Å². The molecule has 5 nitrogen and oxygen atoms in total. The van der Waals surface area contributed by atoms with E-state index in [9.17, 15) is 10.2 Å². The Balaban J connectivity index is 1.80. The number of hydrogen-bond acceptors (Lipinski definition) is 5. The van der Waals surface area contributed by atoms with E-state index in [4.69, 9.17) is 21.1 Å². The third-order valence-corrected chi connectivity index (χ3v) is 6.05. The van der Waals surface area contributed by atoms with Gasteiger partial charge >= 0.3 is 0 Å². The van der Waals surface area contributed by atoms with E-state index in [2.05, 4.69) is 4.90 Å². The van der Waals surface area contributed by atoms with Crippen LogP contribution in [0.4, 0.5) is 0 Å². The van der Waals surface area contributed by atoms with Gasteiger partial charge in [-0.1, -0.05) is 48.0 Å². The van der Waals surface area contributed by atoms with Gasteiger partial charge in [0.2, 0.25) is 0 Å². The first-order chi connectivity index (χ1) is 13.5. The summed E-state index contributed by atoms with van der Waals surface area (Å²) in [5, 5.41) is 21.5. The second kappa shape index (κ2) is 9.14. The average Bonchev–Trinajstić information content (AvgIpc) is 2.72. The van der Waals surface area contributed by atoms with Crippen molar-refractivity contribution in [2.24, 2.45) is 5.41 Å². The zero-order valence-corrected chi connectivity index (χ0v) is 17.2. The van der Waals surface area contributed by atoms with Crippen molar-refractivity contribution in [3.05, 3.63) is 58.6 Å². The molecule has 0 saturated carbocycles. The normalized spacial score (nSPS) is 22.8. The second-order valence-electron chi connectivity index (χ2n) is 7.47. The zero-order valence-electron chi connectivity index (χ0n) is 16.4. The van der Waals surface area contributed by atoms with Gasteiger partial charge in [0.05, 0.1) is 32.0 Å². The average molecular weight is 406 g/mol. The van der Waals surface area contributed by atoms with E-state index >= 15 is 0 Å². The molecule has 6 heteroatoms. The van der Waals surface area contributed by atoms with Gasteiger partial charge in [0.15, 0.2) is 11.5 Å². The molecule has 0 aromatic heterocycles. The molecule has 0 amide bonds. The number of rotatable bonds is 7. The van der Waals surface area contributed by atoms with Crippen LogP contribution in [0.2, 0.25) is 5.02 Å². The molecule has 152 valence electrons. The first kappa shape index (κ1) is 20.9. The van der Waals surface area contributed by atoms with Crippen LogP contribution in [0, 0.1) is 5.41 Å². The molecule has 1 aliphatic heterocycles. The highest BCUT2D eigenvalue weighted by Gasteiger charge is 2.42. The number of nitrogens with zero attached hydrogens (tertiary/aromatic N) is 1. The van der Waals surface area contributed by atoms with Crippen molar-refractivity contribution in [2.75, 3.05) is 33.9 Å². The van der Waals surface area contributed by atoms with Crippen LogP contribution >= 0.6 is 11.6 Å². The molecule has 2 atom stereocenters. The monoisotopic (exact) mass is 405 g/mol. The van der Waals surface area contributed by atoms with Crippen LogP contribution in [-0.2, 0) is 13.0 Å². The standard InChI is InChI=1S/C22H28ClNO4/c1-27-18-9-8-17(20(23)21(18)28-2)13-24-11-10-19(26)22(14-24,15-25)12-16-6-4-3-5-7-16/h3-9,19,25-26H,10-15H2,1-2H3/t19-,22+/m1/s1. The minimum atomic E-state index is -0.595. The van der Waals surface area contributed by atoms with E-state index in [0.29, 0.717) is 42.5 Å². The smallest absolute Gasteiger partial charge is 0.179 e. The van der Waals surface area contributed by atoms with Gasteiger partial charge in [-0.3, -0.25) is 4.90 Å². The van der Waals surface area contributed by atoms with Crippen molar-refractivity contribution in [3.63, 3.8) is 0 Å². The Morgan fingerprint density at radius 2 is 1.89 bits per heavy atom. The first-order valence-electron chi connectivity index (χ1n) is 9.47. The van der Waals surface area contributed by atoms with Crippen molar-refractivity contribution in [1.82, 2.24) is 4.90 Å². The minimum Gasteiger partial charge on any atom is -0.493 e. The molecule has 0 spiro atoms. The summed E-state index contributed by atoms with van der Waals surface area (Å²) in [7, 11) is 3.15. The highest BCUT2D eigenvalue weighted by atomic mass is 35.5. The lowest BCUT2D eigenvalue weighted by molar-refractivity contribution is -0.0768. The predicted octanol–water partition coefficient (Wildman–Crippen LogP) is 3.15. The molecule has 0 aliphatic carbocycles. The van der Waals surface area contributed by atoms with Crippen molar-refractivity contribution in [1.29, 1.82) is 0 Å². The lowest BCUT2D eigenvalue weighted by Crippen LogP contribution is -2.54. The molecule has 1 heterocycles. The molecule has 0 radical (unpaired) electrons. The van der Waals surface area contributed by atoms with Gasteiger partial charge in [0.1, 0.15) is 0 Å². The molecule has 1 aliphatic rings. The van der Waals surface area contributed by atoms with E-state index < -0.39 is 11.5 Å². The van der Waals surface area contributed by atoms with Crippen LogP contribution in [0.3, 0.4) is 0 Å². The van der Waals surface area contributed by atoms with E-state index in [1.807, 2.05) is 42.5 Å². The maximum atomic E-state index is 10.7. The number of aliphatic hydroxyl groups excluding tert-OH is 2. The van der Waals surface area contributed by atoms with Crippen LogP contribution in [0.1, 0.15) is 17.5 Å². The summed E-state index contributed by atoms with van der Waals surface area (Å²) in [6.07, 6.45) is 0.690. The molecular formula is C22H28ClNO4. The molecule has 2 aromatic rings. The summed E-state index contributed by atoms with van der Waals surface area (Å²) in [5.74, 6) is 1.12. The summed E-state index contributed by atoms with van der Waals surface area (Å²) in [5.41, 5.74) is 1.45. The van der Waals surface area contributed by atoms with E-state index in [1.165, 1.54) is 0 Å². The number of benzene rings is 2.